The standard InChI is InChI=1S/C16H24N2S/c1-4-12-5-7-13(8-6-12)17-15(19)18-14-9-10-16(2,3)11-14/h5-8,14H,4,9-11H2,1-3H3,(H2,17,18,19). The van der Waals surface area contributed by atoms with Crippen molar-refractivity contribution in [2.24, 2.45) is 5.41 Å². The SMILES string of the molecule is CCc1ccc(NC(=S)NC2CCC(C)(C)C2)cc1. The summed E-state index contributed by atoms with van der Waals surface area (Å²) in [6, 6.07) is 8.98. The third-order valence-electron chi connectivity index (χ3n) is 3.92. The maximum Gasteiger partial charge on any atom is 0.170 e. The van der Waals surface area contributed by atoms with Crippen molar-refractivity contribution < 1.29 is 0 Å². The molecule has 1 unspecified atom stereocenters. The van der Waals surface area contributed by atoms with Crippen molar-refractivity contribution >= 4 is 23.0 Å². The van der Waals surface area contributed by atoms with Crippen molar-refractivity contribution in [3.63, 3.8) is 0 Å². The van der Waals surface area contributed by atoms with Crippen LogP contribution in [0, 0.1) is 5.41 Å². The van der Waals surface area contributed by atoms with E-state index in [-0.39, 0.29) is 0 Å². The molecular formula is C16H24N2S. The Hall–Kier alpha value is -1.09. The Bertz CT molecular complexity index is 437. The Kier molecular flexibility index (Phi) is 4.46. The lowest BCUT2D eigenvalue weighted by molar-refractivity contribution is 0.372. The number of thiocarbonyl (C=S) groups is 1. The van der Waals surface area contributed by atoms with E-state index in [1.165, 1.54) is 24.8 Å². The van der Waals surface area contributed by atoms with Gasteiger partial charge in [-0.15, -0.1) is 0 Å². The molecule has 1 aromatic carbocycles. The smallest absolute Gasteiger partial charge is 0.170 e. The second-order valence-electron chi connectivity index (χ2n) is 6.25. The maximum atomic E-state index is 5.39. The van der Waals surface area contributed by atoms with E-state index in [1.54, 1.807) is 0 Å². The van der Waals surface area contributed by atoms with Crippen molar-refractivity contribution in [2.75, 3.05) is 5.32 Å². The van der Waals surface area contributed by atoms with Gasteiger partial charge >= 0.3 is 0 Å². The topological polar surface area (TPSA) is 24.1 Å². The van der Waals surface area contributed by atoms with Crippen LogP contribution in [0.15, 0.2) is 24.3 Å². The molecule has 0 saturated heterocycles. The molecule has 104 valence electrons. The zero-order valence-electron chi connectivity index (χ0n) is 12.1. The molecular weight excluding hydrogens is 252 g/mol. The predicted molar refractivity (Wildman–Crippen MR) is 86.6 cm³/mol. The van der Waals surface area contributed by atoms with E-state index < -0.39 is 0 Å². The summed E-state index contributed by atoms with van der Waals surface area (Å²) in [5.74, 6) is 0. The third kappa shape index (κ3) is 4.20. The highest BCUT2D eigenvalue weighted by Crippen LogP contribution is 2.36. The number of aryl methyl sites for hydroxylation is 1. The summed E-state index contributed by atoms with van der Waals surface area (Å²) in [7, 11) is 0. The Morgan fingerprint density at radius 2 is 2.00 bits per heavy atom. The molecule has 2 rings (SSSR count). The molecule has 1 fully saturated rings. The highest BCUT2D eigenvalue weighted by molar-refractivity contribution is 7.80. The van der Waals surface area contributed by atoms with Crippen LogP contribution in [-0.4, -0.2) is 11.2 Å². The van der Waals surface area contributed by atoms with Gasteiger partial charge in [0.05, 0.1) is 0 Å². The normalized spacial score (nSPS) is 21.1. The Balaban J connectivity index is 1.84. The van der Waals surface area contributed by atoms with Crippen LogP contribution >= 0.6 is 12.2 Å². The van der Waals surface area contributed by atoms with Crippen LogP contribution in [0.5, 0.6) is 0 Å². The number of hydrogen-bond acceptors (Lipinski definition) is 1. The molecule has 1 aliphatic rings. The lowest BCUT2D eigenvalue weighted by Crippen LogP contribution is -2.36. The minimum Gasteiger partial charge on any atom is -0.360 e. The molecule has 2 nitrogen and oxygen atoms in total. The van der Waals surface area contributed by atoms with Gasteiger partial charge in [-0.2, -0.15) is 0 Å². The minimum absolute atomic E-state index is 0.454. The fourth-order valence-electron chi connectivity index (χ4n) is 2.74. The molecule has 1 aliphatic carbocycles. The molecule has 1 saturated carbocycles. The first kappa shape index (κ1) is 14.3. The summed E-state index contributed by atoms with van der Waals surface area (Å²) in [5, 5.41) is 7.44. The first-order chi connectivity index (χ1) is 8.98. The van der Waals surface area contributed by atoms with Crippen LogP contribution in [0.25, 0.3) is 0 Å². The summed E-state index contributed by atoms with van der Waals surface area (Å²) in [6.07, 6.45) is 4.76. The number of hydrogen-bond donors (Lipinski definition) is 2. The lowest BCUT2D eigenvalue weighted by Gasteiger charge is -2.19. The summed E-state index contributed by atoms with van der Waals surface area (Å²) in [6.45, 7) is 6.82. The fraction of sp³-hybridized carbons (Fsp3) is 0.562. The Labute approximate surface area is 122 Å². The molecule has 2 N–H and O–H groups in total. The molecule has 0 bridgehead atoms. The van der Waals surface area contributed by atoms with Crippen LogP contribution < -0.4 is 10.6 Å². The zero-order valence-corrected chi connectivity index (χ0v) is 12.9. The van der Waals surface area contributed by atoms with Crippen LogP contribution in [0.3, 0.4) is 0 Å². The van der Waals surface area contributed by atoms with Crippen molar-refractivity contribution in [3.05, 3.63) is 29.8 Å². The van der Waals surface area contributed by atoms with Gasteiger partial charge in [-0.25, -0.2) is 0 Å². The molecule has 0 radical (unpaired) electrons. The van der Waals surface area contributed by atoms with E-state index in [1.807, 2.05) is 0 Å². The number of anilines is 1. The van der Waals surface area contributed by atoms with Gasteiger partial charge in [-0.1, -0.05) is 32.9 Å². The number of benzene rings is 1. The van der Waals surface area contributed by atoms with E-state index in [4.69, 9.17) is 12.2 Å². The molecule has 0 spiro atoms. The molecule has 0 aliphatic heterocycles. The van der Waals surface area contributed by atoms with Gasteiger partial charge in [0.15, 0.2) is 5.11 Å². The second kappa shape index (κ2) is 5.91. The highest BCUT2D eigenvalue weighted by Gasteiger charge is 2.31. The van der Waals surface area contributed by atoms with E-state index in [2.05, 4.69) is 55.7 Å². The van der Waals surface area contributed by atoms with Crippen molar-refractivity contribution in [2.45, 2.75) is 52.5 Å². The summed E-state index contributed by atoms with van der Waals surface area (Å²) < 4.78 is 0. The van der Waals surface area contributed by atoms with Gasteiger partial charge in [0.25, 0.3) is 0 Å². The first-order valence-corrected chi connectivity index (χ1v) is 7.56. The van der Waals surface area contributed by atoms with Crippen LogP contribution in [0.4, 0.5) is 5.69 Å². The van der Waals surface area contributed by atoms with E-state index in [0.29, 0.717) is 11.5 Å². The maximum absolute atomic E-state index is 5.39. The fourth-order valence-corrected chi connectivity index (χ4v) is 3.02. The third-order valence-corrected chi connectivity index (χ3v) is 4.14. The summed E-state index contributed by atoms with van der Waals surface area (Å²) in [4.78, 5) is 0. The molecule has 1 atom stereocenters. The number of rotatable bonds is 3. The lowest BCUT2D eigenvalue weighted by atomic mass is 9.92. The quantitative estimate of drug-likeness (QED) is 0.812. The van der Waals surface area contributed by atoms with Crippen LogP contribution in [0.2, 0.25) is 0 Å². The van der Waals surface area contributed by atoms with Crippen molar-refractivity contribution in [1.29, 1.82) is 0 Å². The second-order valence-corrected chi connectivity index (χ2v) is 6.66. The Morgan fingerprint density at radius 1 is 1.32 bits per heavy atom. The van der Waals surface area contributed by atoms with Gasteiger partial charge < -0.3 is 10.6 Å². The molecule has 0 heterocycles. The summed E-state index contributed by atoms with van der Waals surface area (Å²) >= 11 is 5.39. The summed E-state index contributed by atoms with van der Waals surface area (Å²) in [5.41, 5.74) is 2.87. The molecule has 3 heteroatoms. The molecule has 19 heavy (non-hydrogen) atoms. The highest BCUT2D eigenvalue weighted by atomic mass is 32.1. The van der Waals surface area contributed by atoms with Crippen molar-refractivity contribution in [3.8, 4) is 0 Å². The van der Waals surface area contributed by atoms with Gasteiger partial charge in [-0.3, -0.25) is 0 Å². The average Bonchev–Trinajstić information content (AvgIpc) is 2.69. The predicted octanol–water partition coefficient (Wildman–Crippen LogP) is 4.11. The largest absolute Gasteiger partial charge is 0.360 e. The van der Waals surface area contributed by atoms with Crippen LogP contribution in [-0.2, 0) is 6.42 Å². The van der Waals surface area contributed by atoms with E-state index >= 15 is 0 Å². The van der Waals surface area contributed by atoms with E-state index in [9.17, 15) is 0 Å². The monoisotopic (exact) mass is 276 g/mol. The Morgan fingerprint density at radius 3 is 2.53 bits per heavy atom. The minimum atomic E-state index is 0.454. The molecule has 0 amide bonds. The van der Waals surface area contributed by atoms with Crippen LogP contribution in [0.1, 0.15) is 45.6 Å². The average molecular weight is 276 g/mol. The van der Waals surface area contributed by atoms with Gasteiger partial charge in [-0.05, 0) is 61.0 Å². The van der Waals surface area contributed by atoms with Gasteiger partial charge in [0.2, 0.25) is 0 Å². The van der Waals surface area contributed by atoms with Gasteiger partial charge in [0.1, 0.15) is 0 Å². The molecule has 0 aromatic heterocycles. The van der Waals surface area contributed by atoms with Crippen molar-refractivity contribution in [1.82, 2.24) is 5.32 Å². The first-order valence-electron chi connectivity index (χ1n) is 7.15. The van der Waals surface area contributed by atoms with Gasteiger partial charge in [0, 0.05) is 11.7 Å². The zero-order chi connectivity index (χ0) is 13.9. The number of nitrogens with one attached hydrogen (secondary N) is 2. The van der Waals surface area contributed by atoms with E-state index in [0.717, 1.165) is 17.2 Å². The molecule has 1 aromatic rings.